The summed E-state index contributed by atoms with van der Waals surface area (Å²) in [5.41, 5.74) is 0.220. The van der Waals surface area contributed by atoms with Crippen LogP contribution in [0.3, 0.4) is 0 Å². The molecule has 0 aliphatic carbocycles. The molecule has 0 bridgehead atoms. The summed E-state index contributed by atoms with van der Waals surface area (Å²) in [4.78, 5) is 25.9. The van der Waals surface area contributed by atoms with Gasteiger partial charge in [0.1, 0.15) is 0 Å². The zero-order valence-corrected chi connectivity index (χ0v) is 12.7. The zero-order valence-electron chi connectivity index (χ0n) is 12.7. The Morgan fingerprint density at radius 1 is 1.25 bits per heavy atom. The summed E-state index contributed by atoms with van der Waals surface area (Å²) < 4.78 is 2.66. The number of aromatic nitrogens is 2. The first-order chi connectivity index (χ1) is 9.40. The van der Waals surface area contributed by atoms with Gasteiger partial charge in [-0.15, -0.1) is 0 Å². The number of piperidine rings is 1. The van der Waals surface area contributed by atoms with E-state index in [2.05, 4.69) is 24.2 Å². The van der Waals surface area contributed by atoms with Crippen LogP contribution in [0.2, 0.25) is 0 Å². The molecular weight excluding hydrogens is 256 g/mol. The molecule has 2 unspecified atom stereocenters. The summed E-state index contributed by atoms with van der Waals surface area (Å²) in [7, 11) is 5.35. The molecular formula is C14H24N4O2. The number of nitrogens with zero attached hydrogens (tertiary/aromatic N) is 3. The van der Waals surface area contributed by atoms with Gasteiger partial charge in [0, 0.05) is 44.5 Å². The molecule has 1 aliphatic heterocycles. The van der Waals surface area contributed by atoms with Crippen LogP contribution in [0, 0.1) is 0 Å². The van der Waals surface area contributed by atoms with Crippen molar-refractivity contribution in [3.8, 4) is 0 Å². The standard InChI is InChI=1S/C14H24N4O2/c1-10-7-11(5-6-16(10)2)15-9-12-8-13(19)18(4)14(20)17(12)3/h8,10-11,15H,5-7,9H2,1-4H3. The van der Waals surface area contributed by atoms with Gasteiger partial charge in [-0.05, 0) is 33.4 Å². The lowest BCUT2D eigenvalue weighted by atomic mass is 9.99. The van der Waals surface area contributed by atoms with E-state index < -0.39 is 0 Å². The molecule has 0 aromatic carbocycles. The number of likely N-dealkylation sites (tertiary alicyclic amines) is 1. The molecule has 1 aliphatic rings. The normalized spacial score (nSPS) is 24.0. The first-order valence-electron chi connectivity index (χ1n) is 7.09. The number of rotatable bonds is 3. The van der Waals surface area contributed by atoms with Gasteiger partial charge in [-0.25, -0.2) is 4.79 Å². The van der Waals surface area contributed by atoms with E-state index in [1.54, 1.807) is 7.05 Å². The average Bonchev–Trinajstić information content (AvgIpc) is 2.42. The SMILES string of the molecule is CC1CC(NCc2cc(=O)n(C)c(=O)n2C)CCN1C. The minimum Gasteiger partial charge on any atom is -0.308 e. The summed E-state index contributed by atoms with van der Waals surface area (Å²) in [5.74, 6) is 0. The van der Waals surface area contributed by atoms with Gasteiger partial charge in [0.15, 0.2) is 0 Å². The Labute approximate surface area is 119 Å². The molecule has 1 aromatic heterocycles. The van der Waals surface area contributed by atoms with Gasteiger partial charge in [0.2, 0.25) is 0 Å². The number of nitrogens with one attached hydrogen (secondary N) is 1. The second kappa shape index (κ2) is 5.93. The van der Waals surface area contributed by atoms with Gasteiger partial charge in [-0.2, -0.15) is 0 Å². The van der Waals surface area contributed by atoms with Gasteiger partial charge in [0.25, 0.3) is 5.56 Å². The Hall–Kier alpha value is -1.40. The highest BCUT2D eigenvalue weighted by Gasteiger charge is 2.22. The highest BCUT2D eigenvalue weighted by molar-refractivity contribution is 5.02. The van der Waals surface area contributed by atoms with Gasteiger partial charge in [0.05, 0.1) is 0 Å². The minimum absolute atomic E-state index is 0.248. The van der Waals surface area contributed by atoms with Crippen molar-refractivity contribution < 1.29 is 0 Å². The van der Waals surface area contributed by atoms with Crippen molar-refractivity contribution in [1.82, 2.24) is 19.4 Å². The Morgan fingerprint density at radius 3 is 2.60 bits per heavy atom. The molecule has 2 atom stereocenters. The van der Waals surface area contributed by atoms with Crippen LogP contribution in [0.4, 0.5) is 0 Å². The Bertz CT molecular complexity index is 590. The quantitative estimate of drug-likeness (QED) is 0.823. The maximum absolute atomic E-state index is 11.8. The van der Waals surface area contributed by atoms with Crippen LogP contribution < -0.4 is 16.6 Å². The van der Waals surface area contributed by atoms with E-state index in [1.165, 1.54) is 17.7 Å². The van der Waals surface area contributed by atoms with Gasteiger partial charge >= 0.3 is 5.69 Å². The van der Waals surface area contributed by atoms with Crippen molar-refractivity contribution in [3.05, 3.63) is 32.6 Å². The lowest BCUT2D eigenvalue weighted by Gasteiger charge is -2.35. The summed E-state index contributed by atoms with van der Waals surface area (Å²) in [6.07, 6.45) is 2.19. The van der Waals surface area contributed by atoms with Gasteiger partial charge in [-0.3, -0.25) is 13.9 Å². The Kier molecular flexibility index (Phi) is 4.45. The fraction of sp³-hybridized carbons (Fsp3) is 0.714. The van der Waals surface area contributed by atoms with E-state index >= 15 is 0 Å². The molecule has 6 heteroatoms. The summed E-state index contributed by atoms with van der Waals surface area (Å²) in [5, 5.41) is 3.47. The van der Waals surface area contributed by atoms with Crippen LogP contribution in [-0.4, -0.2) is 39.7 Å². The van der Waals surface area contributed by atoms with Gasteiger partial charge in [-0.1, -0.05) is 0 Å². The molecule has 20 heavy (non-hydrogen) atoms. The first kappa shape index (κ1) is 15.0. The molecule has 1 fully saturated rings. The molecule has 0 spiro atoms. The fourth-order valence-electron chi connectivity index (χ4n) is 2.67. The van der Waals surface area contributed by atoms with E-state index in [1.807, 2.05) is 0 Å². The van der Waals surface area contributed by atoms with E-state index in [4.69, 9.17) is 0 Å². The molecule has 1 saturated heterocycles. The third kappa shape index (κ3) is 3.02. The molecule has 1 aromatic rings. The maximum Gasteiger partial charge on any atom is 0.330 e. The van der Waals surface area contributed by atoms with Crippen molar-refractivity contribution in [1.29, 1.82) is 0 Å². The number of hydrogen-bond donors (Lipinski definition) is 1. The van der Waals surface area contributed by atoms with Crippen LogP contribution in [0.25, 0.3) is 0 Å². The lowest BCUT2D eigenvalue weighted by Crippen LogP contribution is -2.46. The summed E-state index contributed by atoms with van der Waals surface area (Å²) >= 11 is 0. The Morgan fingerprint density at radius 2 is 1.95 bits per heavy atom. The van der Waals surface area contributed by atoms with Crippen molar-refractivity contribution in [3.63, 3.8) is 0 Å². The van der Waals surface area contributed by atoms with Crippen molar-refractivity contribution >= 4 is 0 Å². The molecule has 2 heterocycles. The lowest BCUT2D eigenvalue weighted by molar-refractivity contribution is 0.167. The average molecular weight is 280 g/mol. The molecule has 0 saturated carbocycles. The monoisotopic (exact) mass is 280 g/mol. The second-order valence-corrected chi connectivity index (χ2v) is 5.81. The van der Waals surface area contributed by atoms with E-state index in [0.717, 1.165) is 29.6 Å². The summed E-state index contributed by atoms with van der Waals surface area (Å²) in [6, 6.07) is 2.54. The van der Waals surface area contributed by atoms with Crippen LogP contribution in [-0.2, 0) is 20.6 Å². The molecule has 6 nitrogen and oxygen atoms in total. The predicted molar refractivity (Wildman–Crippen MR) is 78.9 cm³/mol. The summed E-state index contributed by atoms with van der Waals surface area (Å²) in [6.45, 7) is 3.86. The second-order valence-electron chi connectivity index (χ2n) is 5.81. The fourth-order valence-corrected chi connectivity index (χ4v) is 2.67. The van der Waals surface area contributed by atoms with Crippen LogP contribution in [0.15, 0.2) is 15.7 Å². The third-order valence-electron chi connectivity index (χ3n) is 4.41. The largest absolute Gasteiger partial charge is 0.330 e. The smallest absolute Gasteiger partial charge is 0.308 e. The van der Waals surface area contributed by atoms with Crippen LogP contribution in [0.1, 0.15) is 25.5 Å². The molecule has 1 N–H and O–H groups in total. The molecule has 112 valence electrons. The highest BCUT2D eigenvalue weighted by Crippen LogP contribution is 2.15. The topological polar surface area (TPSA) is 59.3 Å². The minimum atomic E-state index is -0.272. The molecule has 0 radical (unpaired) electrons. The zero-order chi connectivity index (χ0) is 14.9. The van der Waals surface area contributed by atoms with Crippen molar-refractivity contribution in [2.75, 3.05) is 13.6 Å². The first-order valence-corrected chi connectivity index (χ1v) is 7.09. The molecule has 0 amide bonds. The van der Waals surface area contributed by atoms with Gasteiger partial charge < -0.3 is 10.2 Å². The van der Waals surface area contributed by atoms with Crippen LogP contribution >= 0.6 is 0 Å². The van der Waals surface area contributed by atoms with E-state index in [0.29, 0.717) is 18.6 Å². The predicted octanol–water partition coefficient (Wildman–Crippen LogP) is -0.344. The van der Waals surface area contributed by atoms with E-state index in [9.17, 15) is 9.59 Å². The maximum atomic E-state index is 11.8. The van der Waals surface area contributed by atoms with E-state index in [-0.39, 0.29) is 11.2 Å². The van der Waals surface area contributed by atoms with Crippen LogP contribution in [0.5, 0.6) is 0 Å². The van der Waals surface area contributed by atoms with Crippen molar-refractivity contribution in [2.24, 2.45) is 14.1 Å². The third-order valence-corrected chi connectivity index (χ3v) is 4.41. The highest BCUT2D eigenvalue weighted by atomic mass is 16.2. The Balaban J connectivity index is 2.05. The molecule has 2 rings (SSSR count). The van der Waals surface area contributed by atoms with Crippen molar-refractivity contribution in [2.45, 2.75) is 38.4 Å². The number of hydrogen-bond acceptors (Lipinski definition) is 4.